The third-order valence-corrected chi connectivity index (χ3v) is 0.767. The van der Waals surface area contributed by atoms with Crippen LogP contribution in [0, 0.1) is 0 Å². The molecular formula is C6H12N2. The van der Waals surface area contributed by atoms with Gasteiger partial charge < -0.3 is 11.1 Å². The molecule has 0 fully saturated rings. The van der Waals surface area contributed by atoms with Crippen LogP contribution in [0.15, 0.2) is 25.1 Å². The van der Waals surface area contributed by atoms with Gasteiger partial charge in [-0.2, -0.15) is 0 Å². The Morgan fingerprint density at radius 1 is 1.88 bits per heavy atom. The van der Waals surface area contributed by atoms with Crippen LogP contribution in [-0.2, 0) is 0 Å². The molecule has 0 amide bonds. The lowest BCUT2D eigenvalue weighted by Crippen LogP contribution is -2.26. The van der Waals surface area contributed by atoms with Crippen LogP contribution in [0.25, 0.3) is 0 Å². The summed E-state index contributed by atoms with van der Waals surface area (Å²) in [7, 11) is 0. The van der Waals surface area contributed by atoms with Crippen molar-refractivity contribution in [3.63, 3.8) is 0 Å². The lowest BCUT2D eigenvalue weighted by Gasteiger charge is -2.07. The van der Waals surface area contributed by atoms with Gasteiger partial charge in [-0.3, -0.25) is 0 Å². The molecule has 0 aromatic carbocycles. The molecule has 0 saturated heterocycles. The van der Waals surface area contributed by atoms with Gasteiger partial charge in [0.25, 0.3) is 0 Å². The van der Waals surface area contributed by atoms with Gasteiger partial charge in [-0.1, -0.05) is 12.7 Å². The first kappa shape index (κ1) is 7.08. The lowest BCUT2D eigenvalue weighted by atomic mass is 10.3. The third-order valence-electron chi connectivity index (χ3n) is 0.767. The minimum atomic E-state index is 0.215. The van der Waals surface area contributed by atoms with Crippen LogP contribution in [0.4, 0.5) is 0 Å². The van der Waals surface area contributed by atoms with Crippen LogP contribution in [0.1, 0.15) is 6.92 Å². The molecule has 0 aliphatic heterocycles. The molecule has 0 rings (SSSR count). The summed E-state index contributed by atoms with van der Waals surface area (Å²) in [4.78, 5) is 0. The van der Waals surface area contributed by atoms with Gasteiger partial charge in [0.15, 0.2) is 0 Å². The first-order valence-electron chi connectivity index (χ1n) is 2.50. The van der Waals surface area contributed by atoms with E-state index in [1.54, 1.807) is 6.08 Å². The van der Waals surface area contributed by atoms with Crippen molar-refractivity contribution in [3.8, 4) is 0 Å². The maximum Gasteiger partial charge on any atom is 0.0890 e. The molecule has 1 atom stereocenters. The number of nitrogens with two attached hydrogens (primary N) is 1. The Labute approximate surface area is 50.1 Å². The zero-order valence-corrected chi connectivity index (χ0v) is 5.15. The van der Waals surface area contributed by atoms with Crippen LogP contribution in [0.3, 0.4) is 0 Å². The van der Waals surface area contributed by atoms with Crippen molar-refractivity contribution in [3.05, 3.63) is 25.1 Å². The highest BCUT2D eigenvalue weighted by Gasteiger charge is 1.89. The average molecular weight is 112 g/mol. The maximum absolute atomic E-state index is 5.22. The monoisotopic (exact) mass is 112 g/mol. The van der Waals surface area contributed by atoms with Gasteiger partial charge >= 0.3 is 0 Å². The Hall–Kier alpha value is -0.920. The molecule has 3 N–H and O–H groups in total. The quantitative estimate of drug-likeness (QED) is 0.524. The van der Waals surface area contributed by atoms with E-state index in [-0.39, 0.29) is 6.04 Å². The maximum atomic E-state index is 5.22. The van der Waals surface area contributed by atoms with Crippen LogP contribution in [0.2, 0.25) is 0 Å². The van der Waals surface area contributed by atoms with E-state index in [0.29, 0.717) is 5.82 Å². The van der Waals surface area contributed by atoms with Crippen molar-refractivity contribution in [1.29, 1.82) is 0 Å². The van der Waals surface area contributed by atoms with Crippen LogP contribution < -0.4 is 11.1 Å². The molecule has 0 aromatic heterocycles. The van der Waals surface area contributed by atoms with Gasteiger partial charge in [-0.25, -0.2) is 0 Å². The standard InChI is InChI=1S/C6H12N2/c1-4-5(2)8-6(3)7/h4-5,8H,1,3,7H2,2H3. The van der Waals surface area contributed by atoms with Crippen molar-refractivity contribution >= 4 is 0 Å². The summed E-state index contributed by atoms with van der Waals surface area (Å²) in [5.41, 5.74) is 5.22. The minimum absolute atomic E-state index is 0.215. The van der Waals surface area contributed by atoms with Gasteiger partial charge in [-0.15, -0.1) is 6.58 Å². The summed E-state index contributed by atoms with van der Waals surface area (Å²) >= 11 is 0. The average Bonchev–Trinajstić information content (AvgIpc) is 1.65. The van der Waals surface area contributed by atoms with E-state index in [9.17, 15) is 0 Å². The Morgan fingerprint density at radius 2 is 2.38 bits per heavy atom. The number of hydrogen-bond acceptors (Lipinski definition) is 2. The van der Waals surface area contributed by atoms with E-state index in [1.807, 2.05) is 6.92 Å². The SMILES string of the molecule is C=CC(C)NC(=C)N. The normalized spacial score (nSPS) is 12.1. The second kappa shape index (κ2) is 3.13. The molecule has 46 valence electrons. The smallest absolute Gasteiger partial charge is 0.0890 e. The molecule has 0 radical (unpaired) electrons. The largest absolute Gasteiger partial charge is 0.386 e. The highest BCUT2D eigenvalue weighted by atomic mass is 15.0. The molecule has 0 heterocycles. The second-order valence-corrected chi connectivity index (χ2v) is 1.69. The van der Waals surface area contributed by atoms with Crippen LogP contribution >= 0.6 is 0 Å². The fourth-order valence-corrected chi connectivity index (χ4v) is 0.351. The summed E-state index contributed by atoms with van der Waals surface area (Å²) in [6, 6.07) is 0.215. The summed E-state index contributed by atoms with van der Waals surface area (Å²) in [5.74, 6) is 0.484. The molecule has 0 saturated carbocycles. The molecule has 0 aliphatic carbocycles. The molecule has 0 aliphatic rings. The predicted molar refractivity (Wildman–Crippen MR) is 36.1 cm³/mol. The number of rotatable bonds is 3. The van der Waals surface area contributed by atoms with E-state index < -0.39 is 0 Å². The van der Waals surface area contributed by atoms with E-state index in [4.69, 9.17) is 5.73 Å². The number of hydrogen-bond donors (Lipinski definition) is 2. The van der Waals surface area contributed by atoms with Gasteiger partial charge in [0.1, 0.15) is 0 Å². The van der Waals surface area contributed by atoms with Gasteiger partial charge in [-0.05, 0) is 6.92 Å². The van der Waals surface area contributed by atoms with Crippen molar-refractivity contribution in [2.24, 2.45) is 5.73 Å². The summed E-state index contributed by atoms with van der Waals surface area (Å²) in [5, 5.41) is 2.86. The summed E-state index contributed by atoms with van der Waals surface area (Å²) in [6.45, 7) is 8.97. The van der Waals surface area contributed by atoms with Crippen molar-refractivity contribution in [1.82, 2.24) is 5.32 Å². The highest BCUT2D eigenvalue weighted by Crippen LogP contribution is 1.81. The molecule has 0 spiro atoms. The lowest BCUT2D eigenvalue weighted by molar-refractivity contribution is 0.724. The van der Waals surface area contributed by atoms with Crippen molar-refractivity contribution < 1.29 is 0 Å². The van der Waals surface area contributed by atoms with Gasteiger partial charge in [0, 0.05) is 6.04 Å². The molecular weight excluding hydrogens is 100 g/mol. The van der Waals surface area contributed by atoms with Crippen LogP contribution in [-0.4, -0.2) is 6.04 Å². The molecule has 0 bridgehead atoms. The molecule has 0 aromatic rings. The first-order chi connectivity index (χ1) is 3.66. The van der Waals surface area contributed by atoms with Crippen molar-refractivity contribution in [2.75, 3.05) is 0 Å². The fraction of sp³-hybridized carbons (Fsp3) is 0.333. The van der Waals surface area contributed by atoms with Gasteiger partial charge in [0.05, 0.1) is 5.82 Å². The Morgan fingerprint density at radius 3 is 2.50 bits per heavy atom. The predicted octanol–water partition coefficient (Wildman–Crippen LogP) is 0.580. The first-order valence-corrected chi connectivity index (χ1v) is 2.50. The van der Waals surface area contributed by atoms with Gasteiger partial charge in [0.2, 0.25) is 0 Å². The molecule has 8 heavy (non-hydrogen) atoms. The van der Waals surface area contributed by atoms with Crippen LogP contribution in [0.5, 0.6) is 0 Å². The Bertz CT molecular complexity index is 96.7. The van der Waals surface area contributed by atoms with Crippen molar-refractivity contribution in [2.45, 2.75) is 13.0 Å². The minimum Gasteiger partial charge on any atom is -0.386 e. The highest BCUT2D eigenvalue weighted by molar-refractivity contribution is 4.92. The van der Waals surface area contributed by atoms with E-state index in [1.165, 1.54) is 0 Å². The fourth-order valence-electron chi connectivity index (χ4n) is 0.351. The third kappa shape index (κ3) is 3.28. The topological polar surface area (TPSA) is 38.0 Å². The molecule has 1 unspecified atom stereocenters. The summed E-state index contributed by atoms with van der Waals surface area (Å²) in [6.07, 6.45) is 1.76. The van der Waals surface area contributed by atoms with E-state index in [0.717, 1.165) is 0 Å². The zero-order chi connectivity index (χ0) is 6.57. The van der Waals surface area contributed by atoms with E-state index in [2.05, 4.69) is 18.5 Å². The summed E-state index contributed by atoms with van der Waals surface area (Å²) < 4.78 is 0. The molecule has 2 heteroatoms. The second-order valence-electron chi connectivity index (χ2n) is 1.69. The Balaban J connectivity index is 3.38. The number of nitrogens with one attached hydrogen (secondary N) is 1. The van der Waals surface area contributed by atoms with E-state index >= 15 is 0 Å². The molecule has 2 nitrogen and oxygen atoms in total. The zero-order valence-electron chi connectivity index (χ0n) is 5.15. The Kier molecular flexibility index (Phi) is 2.77.